The Kier molecular flexibility index (Phi) is 3.37. The van der Waals surface area contributed by atoms with Gasteiger partial charge in [-0.1, -0.05) is 36.0 Å². The Morgan fingerprint density at radius 3 is 2.47 bits per heavy atom. The number of hydrogen-bond acceptors (Lipinski definition) is 3. The molecule has 0 spiro atoms. The fourth-order valence-electron chi connectivity index (χ4n) is 1.17. The minimum Gasteiger partial charge on any atom is -0.392 e. The summed E-state index contributed by atoms with van der Waals surface area (Å²) >= 11 is 1.61. The summed E-state index contributed by atoms with van der Waals surface area (Å²) in [7, 11) is 0. The van der Waals surface area contributed by atoms with E-state index < -0.39 is 0 Å². The van der Waals surface area contributed by atoms with E-state index in [0.717, 1.165) is 10.6 Å². The largest absolute Gasteiger partial charge is 0.392 e. The molecule has 0 atom stereocenters. The summed E-state index contributed by atoms with van der Waals surface area (Å²) in [5.74, 6) is 0. The van der Waals surface area contributed by atoms with Gasteiger partial charge in [0.25, 0.3) is 0 Å². The van der Waals surface area contributed by atoms with Crippen molar-refractivity contribution in [1.29, 1.82) is 0 Å². The lowest BCUT2D eigenvalue weighted by atomic mass is 10.3. The standard InChI is InChI=1S/C12H11NOS/c14-9-10-6-7-12(13-8-10)15-11-4-2-1-3-5-11/h1-8,14H,9H2. The van der Waals surface area contributed by atoms with Gasteiger partial charge in [0.2, 0.25) is 0 Å². The van der Waals surface area contributed by atoms with Crippen LogP contribution in [0, 0.1) is 0 Å². The Hall–Kier alpha value is -1.32. The first-order valence-electron chi connectivity index (χ1n) is 4.67. The molecule has 0 saturated carbocycles. The van der Waals surface area contributed by atoms with Gasteiger partial charge in [-0.25, -0.2) is 4.98 Å². The van der Waals surface area contributed by atoms with Crippen LogP contribution >= 0.6 is 11.8 Å². The van der Waals surface area contributed by atoms with Crippen LogP contribution in [0.2, 0.25) is 0 Å². The predicted octanol–water partition coefficient (Wildman–Crippen LogP) is 2.73. The summed E-state index contributed by atoms with van der Waals surface area (Å²) in [6.45, 7) is 0.0449. The molecule has 1 heterocycles. The SMILES string of the molecule is OCc1ccc(Sc2ccccc2)nc1. The van der Waals surface area contributed by atoms with Crippen LogP contribution in [-0.2, 0) is 6.61 Å². The number of aliphatic hydroxyl groups is 1. The number of pyridine rings is 1. The topological polar surface area (TPSA) is 33.1 Å². The Morgan fingerprint density at radius 1 is 1.07 bits per heavy atom. The van der Waals surface area contributed by atoms with E-state index in [1.54, 1.807) is 18.0 Å². The maximum Gasteiger partial charge on any atom is 0.101 e. The molecule has 1 aromatic carbocycles. The van der Waals surface area contributed by atoms with Crippen molar-refractivity contribution in [2.45, 2.75) is 16.5 Å². The molecule has 2 aromatic rings. The number of aromatic nitrogens is 1. The van der Waals surface area contributed by atoms with Gasteiger partial charge in [0, 0.05) is 11.1 Å². The maximum atomic E-state index is 8.87. The third-order valence-electron chi connectivity index (χ3n) is 1.95. The molecule has 3 heteroatoms. The lowest BCUT2D eigenvalue weighted by Crippen LogP contribution is -1.85. The Labute approximate surface area is 93.0 Å². The molecule has 0 fully saturated rings. The van der Waals surface area contributed by atoms with E-state index in [-0.39, 0.29) is 6.61 Å². The molecule has 2 rings (SSSR count). The van der Waals surface area contributed by atoms with Gasteiger partial charge in [-0.3, -0.25) is 0 Å². The maximum absolute atomic E-state index is 8.87. The van der Waals surface area contributed by atoms with Crippen LogP contribution in [0.1, 0.15) is 5.56 Å². The van der Waals surface area contributed by atoms with Gasteiger partial charge in [-0.2, -0.15) is 0 Å². The molecule has 0 aliphatic heterocycles. The van der Waals surface area contributed by atoms with Crippen molar-refractivity contribution < 1.29 is 5.11 Å². The van der Waals surface area contributed by atoms with Crippen molar-refractivity contribution in [3.05, 3.63) is 54.2 Å². The smallest absolute Gasteiger partial charge is 0.101 e. The zero-order valence-corrected chi connectivity index (χ0v) is 8.95. The molecule has 0 bridgehead atoms. The third-order valence-corrected chi connectivity index (χ3v) is 2.90. The summed E-state index contributed by atoms with van der Waals surface area (Å²) in [4.78, 5) is 5.42. The van der Waals surface area contributed by atoms with Crippen molar-refractivity contribution in [2.75, 3.05) is 0 Å². The molecule has 76 valence electrons. The summed E-state index contributed by atoms with van der Waals surface area (Å²) in [5, 5.41) is 9.81. The van der Waals surface area contributed by atoms with E-state index in [4.69, 9.17) is 5.11 Å². The average Bonchev–Trinajstić information content (AvgIpc) is 2.31. The molecule has 0 saturated heterocycles. The molecule has 2 nitrogen and oxygen atoms in total. The molecule has 0 amide bonds. The van der Waals surface area contributed by atoms with Gasteiger partial charge in [0.05, 0.1) is 6.61 Å². The zero-order chi connectivity index (χ0) is 10.5. The minimum atomic E-state index is 0.0449. The Bertz CT molecular complexity index is 413. The lowest BCUT2D eigenvalue weighted by Gasteiger charge is -2.01. The average molecular weight is 217 g/mol. The Balaban J connectivity index is 2.11. The van der Waals surface area contributed by atoms with Gasteiger partial charge >= 0.3 is 0 Å². The van der Waals surface area contributed by atoms with Crippen molar-refractivity contribution in [3.8, 4) is 0 Å². The van der Waals surface area contributed by atoms with Crippen LogP contribution in [0.5, 0.6) is 0 Å². The lowest BCUT2D eigenvalue weighted by molar-refractivity contribution is 0.281. The normalized spacial score (nSPS) is 10.2. The van der Waals surface area contributed by atoms with E-state index in [2.05, 4.69) is 4.98 Å². The molecular formula is C12H11NOS. The second kappa shape index (κ2) is 4.96. The fourth-order valence-corrected chi connectivity index (χ4v) is 1.95. The summed E-state index contributed by atoms with van der Waals surface area (Å²) in [6, 6.07) is 13.9. The highest BCUT2D eigenvalue weighted by molar-refractivity contribution is 7.99. The third kappa shape index (κ3) is 2.81. The number of aliphatic hydroxyl groups excluding tert-OH is 1. The van der Waals surface area contributed by atoms with Gasteiger partial charge in [0.15, 0.2) is 0 Å². The fraction of sp³-hybridized carbons (Fsp3) is 0.0833. The molecule has 1 aromatic heterocycles. The molecule has 0 unspecified atom stereocenters. The first kappa shape index (κ1) is 10.2. The molecule has 15 heavy (non-hydrogen) atoms. The second-order valence-corrected chi connectivity index (χ2v) is 4.17. The van der Waals surface area contributed by atoms with E-state index in [9.17, 15) is 0 Å². The van der Waals surface area contributed by atoms with Gasteiger partial charge in [-0.05, 0) is 23.8 Å². The molecule has 1 N–H and O–H groups in total. The summed E-state index contributed by atoms with van der Waals surface area (Å²) in [6.07, 6.45) is 1.70. The van der Waals surface area contributed by atoms with Gasteiger partial charge in [-0.15, -0.1) is 0 Å². The predicted molar refractivity (Wildman–Crippen MR) is 60.7 cm³/mol. The highest BCUT2D eigenvalue weighted by atomic mass is 32.2. The minimum absolute atomic E-state index is 0.0449. The monoisotopic (exact) mass is 217 g/mol. The quantitative estimate of drug-likeness (QED) is 0.858. The zero-order valence-electron chi connectivity index (χ0n) is 8.13. The first-order valence-corrected chi connectivity index (χ1v) is 5.49. The van der Waals surface area contributed by atoms with E-state index in [1.165, 1.54) is 4.90 Å². The van der Waals surface area contributed by atoms with Crippen LogP contribution in [0.15, 0.2) is 58.6 Å². The van der Waals surface area contributed by atoms with Crippen LogP contribution < -0.4 is 0 Å². The number of rotatable bonds is 3. The highest BCUT2D eigenvalue weighted by Gasteiger charge is 1.97. The number of hydrogen-bond donors (Lipinski definition) is 1. The van der Waals surface area contributed by atoms with E-state index in [0.29, 0.717) is 0 Å². The molecule has 0 aliphatic carbocycles. The van der Waals surface area contributed by atoms with Gasteiger partial charge < -0.3 is 5.11 Å². The molecule has 0 aliphatic rings. The summed E-state index contributed by atoms with van der Waals surface area (Å²) < 4.78 is 0. The summed E-state index contributed by atoms with van der Waals surface area (Å²) in [5.41, 5.74) is 0.840. The van der Waals surface area contributed by atoms with E-state index in [1.807, 2.05) is 42.5 Å². The van der Waals surface area contributed by atoms with E-state index >= 15 is 0 Å². The number of benzene rings is 1. The van der Waals surface area contributed by atoms with Gasteiger partial charge in [0.1, 0.15) is 5.03 Å². The van der Waals surface area contributed by atoms with Crippen molar-refractivity contribution >= 4 is 11.8 Å². The van der Waals surface area contributed by atoms with Crippen LogP contribution in [-0.4, -0.2) is 10.1 Å². The first-order chi connectivity index (χ1) is 7.38. The number of nitrogens with zero attached hydrogens (tertiary/aromatic N) is 1. The highest BCUT2D eigenvalue weighted by Crippen LogP contribution is 2.25. The Morgan fingerprint density at radius 2 is 1.87 bits per heavy atom. The molecular weight excluding hydrogens is 206 g/mol. The van der Waals surface area contributed by atoms with Crippen LogP contribution in [0.4, 0.5) is 0 Å². The van der Waals surface area contributed by atoms with Crippen molar-refractivity contribution in [2.24, 2.45) is 0 Å². The van der Waals surface area contributed by atoms with Crippen LogP contribution in [0.3, 0.4) is 0 Å². The second-order valence-electron chi connectivity index (χ2n) is 3.08. The molecule has 0 radical (unpaired) electrons. The van der Waals surface area contributed by atoms with Crippen molar-refractivity contribution in [3.63, 3.8) is 0 Å². The van der Waals surface area contributed by atoms with Crippen molar-refractivity contribution in [1.82, 2.24) is 4.98 Å². The van der Waals surface area contributed by atoms with Crippen LogP contribution in [0.25, 0.3) is 0 Å².